The Morgan fingerprint density at radius 1 is 1.44 bits per heavy atom. The smallest absolute Gasteiger partial charge is 0.288 e. The lowest BCUT2D eigenvalue weighted by molar-refractivity contribution is 0.0875. The van der Waals surface area contributed by atoms with Crippen LogP contribution in [0.4, 0.5) is 0 Å². The summed E-state index contributed by atoms with van der Waals surface area (Å²) in [6.07, 6.45) is 12.1. The zero-order valence-electron chi connectivity index (χ0n) is 9.16. The first-order valence-corrected chi connectivity index (χ1v) is 5.60. The molecule has 0 unspecified atom stereocenters. The van der Waals surface area contributed by atoms with Gasteiger partial charge >= 0.3 is 0 Å². The molecule has 1 aromatic rings. The molecule has 16 heavy (non-hydrogen) atoms. The highest BCUT2D eigenvalue weighted by atomic mass is 16.3. The summed E-state index contributed by atoms with van der Waals surface area (Å²) in [5.74, 6) is 2.84. The number of terminal acetylenes is 1. The first-order valence-electron chi connectivity index (χ1n) is 5.60. The summed E-state index contributed by atoms with van der Waals surface area (Å²) in [7, 11) is 0. The van der Waals surface area contributed by atoms with Crippen molar-refractivity contribution in [3.05, 3.63) is 24.2 Å². The molecule has 0 bridgehead atoms. The first kappa shape index (κ1) is 10.8. The molecule has 1 aliphatic carbocycles. The molecule has 0 radical (unpaired) electrons. The van der Waals surface area contributed by atoms with Crippen molar-refractivity contribution in [3.8, 4) is 12.3 Å². The Bertz CT molecular complexity index is 394. The second-order valence-electron chi connectivity index (χ2n) is 4.22. The summed E-state index contributed by atoms with van der Waals surface area (Å²) in [6, 6.07) is 3.33. The van der Waals surface area contributed by atoms with E-state index in [4.69, 9.17) is 10.8 Å². The fourth-order valence-electron chi connectivity index (χ4n) is 2.15. The predicted molar refractivity (Wildman–Crippen MR) is 60.8 cm³/mol. The van der Waals surface area contributed by atoms with Gasteiger partial charge in [0.1, 0.15) is 5.54 Å². The highest BCUT2D eigenvalue weighted by molar-refractivity contribution is 5.92. The van der Waals surface area contributed by atoms with Crippen LogP contribution in [0.3, 0.4) is 0 Å². The van der Waals surface area contributed by atoms with Gasteiger partial charge in [-0.2, -0.15) is 0 Å². The summed E-state index contributed by atoms with van der Waals surface area (Å²) >= 11 is 0. The monoisotopic (exact) mass is 217 g/mol. The average Bonchev–Trinajstić information content (AvgIpc) is 2.84. The number of rotatable bonds is 2. The van der Waals surface area contributed by atoms with Crippen LogP contribution < -0.4 is 5.32 Å². The van der Waals surface area contributed by atoms with Crippen LogP contribution in [0, 0.1) is 12.3 Å². The number of furan rings is 1. The SMILES string of the molecule is C#CC1(NC(=O)c2ccco2)CCCCC1. The van der Waals surface area contributed by atoms with Crippen molar-refractivity contribution in [3.63, 3.8) is 0 Å². The topological polar surface area (TPSA) is 42.2 Å². The van der Waals surface area contributed by atoms with Crippen LogP contribution >= 0.6 is 0 Å². The Balaban J connectivity index is 2.07. The largest absolute Gasteiger partial charge is 0.459 e. The third-order valence-electron chi connectivity index (χ3n) is 3.08. The van der Waals surface area contributed by atoms with Crippen molar-refractivity contribution in [1.82, 2.24) is 5.32 Å². The van der Waals surface area contributed by atoms with E-state index in [1.54, 1.807) is 12.1 Å². The maximum Gasteiger partial charge on any atom is 0.288 e. The Hall–Kier alpha value is -1.69. The number of carbonyl (C=O) groups is 1. The van der Waals surface area contributed by atoms with Crippen LogP contribution in [0.1, 0.15) is 42.7 Å². The number of hydrogen-bond acceptors (Lipinski definition) is 2. The van der Waals surface area contributed by atoms with Crippen LogP contribution in [0.2, 0.25) is 0 Å². The lowest BCUT2D eigenvalue weighted by Crippen LogP contribution is -2.48. The molecule has 2 rings (SSSR count). The molecule has 3 heteroatoms. The van der Waals surface area contributed by atoms with E-state index >= 15 is 0 Å². The lowest BCUT2D eigenvalue weighted by Gasteiger charge is -2.32. The second-order valence-corrected chi connectivity index (χ2v) is 4.22. The zero-order chi connectivity index (χ0) is 11.4. The van der Waals surface area contributed by atoms with Crippen molar-refractivity contribution < 1.29 is 9.21 Å². The Morgan fingerprint density at radius 3 is 2.75 bits per heavy atom. The van der Waals surface area contributed by atoms with Gasteiger partial charge in [0.15, 0.2) is 5.76 Å². The van der Waals surface area contributed by atoms with E-state index in [-0.39, 0.29) is 5.91 Å². The predicted octanol–water partition coefficient (Wildman–Crippen LogP) is 2.35. The highest BCUT2D eigenvalue weighted by Crippen LogP contribution is 2.27. The standard InChI is InChI=1S/C13H15NO2/c1-2-13(8-4-3-5-9-13)14-12(15)11-7-6-10-16-11/h1,6-7,10H,3-5,8-9H2,(H,14,15). The van der Waals surface area contributed by atoms with Gasteiger partial charge in [-0.15, -0.1) is 6.42 Å². The molecular formula is C13H15NO2. The van der Waals surface area contributed by atoms with Gasteiger partial charge < -0.3 is 9.73 Å². The third kappa shape index (κ3) is 2.11. The van der Waals surface area contributed by atoms with E-state index in [1.165, 1.54) is 12.7 Å². The molecule has 0 saturated heterocycles. The molecule has 0 spiro atoms. The Kier molecular flexibility index (Phi) is 3.00. The molecule has 1 saturated carbocycles. The quantitative estimate of drug-likeness (QED) is 0.772. The molecule has 84 valence electrons. The van der Waals surface area contributed by atoms with E-state index in [0.717, 1.165) is 25.7 Å². The van der Waals surface area contributed by atoms with Crippen molar-refractivity contribution in [2.45, 2.75) is 37.6 Å². The van der Waals surface area contributed by atoms with E-state index < -0.39 is 5.54 Å². The first-order chi connectivity index (χ1) is 7.76. The minimum Gasteiger partial charge on any atom is -0.459 e. The van der Waals surface area contributed by atoms with Crippen molar-refractivity contribution in [2.24, 2.45) is 0 Å². The summed E-state index contributed by atoms with van der Waals surface area (Å²) in [6.45, 7) is 0. The minimum atomic E-state index is -0.470. The average molecular weight is 217 g/mol. The van der Waals surface area contributed by atoms with Gasteiger partial charge in [0.2, 0.25) is 0 Å². The zero-order valence-corrected chi connectivity index (χ0v) is 9.16. The third-order valence-corrected chi connectivity index (χ3v) is 3.08. The van der Waals surface area contributed by atoms with Crippen LogP contribution in [-0.2, 0) is 0 Å². The van der Waals surface area contributed by atoms with Gasteiger partial charge in [0.05, 0.1) is 6.26 Å². The maximum atomic E-state index is 11.8. The van der Waals surface area contributed by atoms with Crippen LogP contribution in [0.25, 0.3) is 0 Å². The molecule has 3 nitrogen and oxygen atoms in total. The van der Waals surface area contributed by atoms with Crippen LogP contribution in [0.15, 0.2) is 22.8 Å². The van der Waals surface area contributed by atoms with Gasteiger partial charge in [0.25, 0.3) is 5.91 Å². The fourth-order valence-corrected chi connectivity index (χ4v) is 2.15. The summed E-state index contributed by atoms with van der Waals surface area (Å²) in [5, 5.41) is 2.92. The van der Waals surface area contributed by atoms with E-state index in [2.05, 4.69) is 11.2 Å². The summed E-state index contributed by atoms with van der Waals surface area (Å²) < 4.78 is 5.05. The van der Waals surface area contributed by atoms with Gasteiger partial charge in [-0.1, -0.05) is 25.2 Å². The van der Waals surface area contributed by atoms with Crippen LogP contribution in [-0.4, -0.2) is 11.4 Å². The Morgan fingerprint density at radius 2 is 2.19 bits per heavy atom. The molecule has 0 aliphatic heterocycles. The molecule has 1 N–H and O–H groups in total. The number of nitrogens with one attached hydrogen (secondary N) is 1. The molecular weight excluding hydrogens is 202 g/mol. The molecule has 1 fully saturated rings. The molecule has 1 heterocycles. The van der Waals surface area contributed by atoms with Crippen LogP contribution in [0.5, 0.6) is 0 Å². The molecule has 1 amide bonds. The fraction of sp³-hybridized carbons (Fsp3) is 0.462. The lowest BCUT2D eigenvalue weighted by atomic mass is 9.82. The molecule has 1 aliphatic rings. The van der Waals surface area contributed by atoms with Crippen molar-refractivity contribution in [2.75, 3.05) is 0 Å². The number of hydrogen-bond donors (Lipinski definition) is 1. The van der Waals surface area contributed by atoms with E-state index in [9.17, 15) is 4.79 Å². The van der Waals surface area contributed by atoms with Crippen molar-refractivity contribution in [1.29, 1.82) is 0 Å². The number of amides is 1. The van der Waals surface area contributed by atoms with E-state index in [1.807, 2.05) is 0 Å². The van der Waals surface area contributed by atoms with Gasteiger partial charge in [-0.3, -0.25) is 4.79 Å². The van der Waals surface area contributed by atoms with Gasteiger partial charge in [0, 0.05) is 0 Å². The molecule has 0 aromatic carbocycles. The Labute approximate surface area is 95.2 Å². The minimum absolute atomic E-state index is 0.218. The number of carbonyl (C=O) groups excluding carboxylic acids is 1. The second kappa shape index (κ2) is 4.44. The molecule has 1 aromatic heterocycles. The van der Waals surface area contributed by atoms with E-state index in [0.29, 0.717) is 5.76 Å². The van der Waals surface area contributed by atoms with Gasteiger partial charge in [-0.25, -0.2) is 0 Å². The summed E-state index contributed by atoms with van der Waals surface area (Å²) in [5.41, 5.74) is -0.470. The van der Waals surface area contributed by atoms with Crippen molar-refractivity contribution >= 4 is 5.91 Å². The normalized spacial score (nSPS) is 18.7. The highest BCUT2D eigenvalue weighted by Gasteiger charge is 2.32. The maximum absolute atomic E-state index is 11.8. The summed E-state index contributed by atoms with van der Waals surface area (Å²) in [4.78, 5) is 11.8. The molecule has 0 atom stereocenters. The van der Waals surface area contributed by atoms with Gasteiger partial charge in [-0.05, 0) is 25.0 Å².